The number of para-hydroxylation sites is 1. The zero-order valence-electron chi connectivity index (χ0n) is 11.5. The molecule has 2 fully saturated rings. The summed E-state index contributed by atoms with van der Waals surface area (Å²) in [5.41, 5.74) is 2.45. The van der Waals surface area contributed by atoms with Gasteiger partial charge in [0.05, 0.1) is 18.2 Å². The first kappa shape index (κ1) is 11.5. The molecular formula is C16H15N3O2. The van der Waals surface area contributed by atoms with E-state index in [1.807, 2.05) is 24.3 Å². The highest BCUT2D eigenvalue weighted by atomic mass is 16.5. The molecule has 2 aliphatic heterocycles. The maximum absolute atomic E-state index is 5.95. The number of aromatic nitrogens is 2. The Morgan fingerprint density at radius 2 is 2.10 bits per heavy atom. The number of ether oxygens (including phenoxy) is 1. The third-order valence-corrected chi connectivity index (χ3v) is 4.59. The molecule has 0 unspecified atom stereocenters. The van der Waals surface area contributed by atoms with Crippen LogP contribution in [0.4, 0.5) is 5.82 Å². The number of furan rings is 1. The molecule has 3 aromatic rings. The van der Waals surface area contributed by atoms with Crippen LogP contribution < -0.4 is 5.32 Å². The average molecular weight is 281 g/mol. The predicted octanol–water partition coefficient (Wildman–Crippen LogP) is 3.11. The Labute approximate surface area is 121 Å². The first-order valence-corrected chi connectivity index (χ1v) is 7.43. The molecule has 0 amide bonds. The van der Waals surface area contributed by atoms with Crippen LogP contribution >= 0.6 is 0 Å². The Hall–Kier alpha value is -2.14. The van der Waals surface area contributed by atoms with Crippen molar-refractivity contribution in [2.45, 2.75) is 37.5 Å². The third kappa shape index (κ3) is 1.67. The van der Waals surface area contributed by atoms with Crippen LogP contribution in [0.2, 0.25) is 0 Å². The maximum atomic E-state index is 5.95. The van der Waals surface area contributed by atoms with E-state index in [4.69, 9.17) is 9.15 Å². The van der Waals surface area contributed by atoms with Gasteiger partial charge >= 0.3 is 0 Å². The van der Waals surface area contributed by atoms with E-state index in [1.54, 1.807) is 6.33 Å². The Morgan fingerprint density at radius 1 is 1.14 bits per heavy atom. The standard InChI is InChI=1S/C16H15N3O2/c1-2-4-12-10(3-1)14-15(21-12)16(18-8-17-14)19-11-7-9-5-6-13(11)20-9/h1-4,8-9,11,13H,5-7H2,(H,17,18,19)/t9-,11-,13-/m1/s1. The van der Waals surface area contributed by atoms with Crippen molar-refractivity contribution in [1.29, 1.82) is 0 Å². The van der Waals surface area contributed by atoms with Crippen LogP contribution in [0.1, 0.15) is 19.3 Å². The fourth-order valence-corrected chi connectivity index (χ4v) is 3.59. The summed E-state index contributed by atoms with van der Waals surface area (Å²) in [5.74, 6) is 0.775. The molecule has 1 N–H and O–H groups in total. The minimum absolute atomic E-state index is 0.310. The summed E-state index contributed by atoms with van der Waals surface area (Å²) in [6, 6.07) is 8.28. The van der Waals surface area contributed by atoms with E-state index in [1.165, 1.54) is 6.42 Å². The van der Waals surface area contributed by atoms with Gasteiger partial charge in [-0.1, -0.05) is 12.1 Å². The molecule has 2 bridgehead atoms. The van der Waals surface area contributed by atoms with E-state index < -0.39 is 0 Å². The lowest BCUT2D eigenvalue weighted by Gasteiger charge is -2.20. The van der Waals surface area contributed by atoms with E-state index in [0.717, 1.165) is 40.7 Å². The van der Waals surface area contributed by atoms with Gasteiger partial charge in [-0.25, -0.2) is 9.97 Å². The van der Waals surface area contributed by atoms with Gasteiger partial charge in [0.1, 0.15) is 17.4 Å². The van der Waals surface area contributed by atoms with Gasteiger partial charge in [-0.05, 0) is 31.4 Å². The van der Waals surface area contributed by atoms with Crippen molar-refractivity contribution >= 4 is 27.9 Å². The molecule has 4 heterocycles. The van der Waals surface area contributed by atoms with Crippen molar-refractivity contribution in [3.63, 3.8) is 0 Å². The number of nitrogens with one attached hydrogen (secondary N) is 1. The molecule has 0 saturated carbocycles. The zero-order chi connectivity index (χ0) is 13.8. The molecule has 21 heavy (non-hydrogen) atoms. The molecule has 2 aromatic heterocycles. The Morgan fingerprint density at radius 3 is 2.95 bits per heavy atom. The number of anilines is 1. The summed E-state index contributed by atoms with van der Waals surface area (Å²) < 4.78 is 11.8. The summed E-state index contributed by atoms with van der Waals surface area (Å²) in [6.07, 6.45) is 5.70. The average Bonchev–Trinajstić information content (AvgIpc) is 3.20. The van der Waals surface area contributed by atoms with Gasteiger partial charge in [-0.2, -0.15) is 0 Å². The smallest absolute Gasteiger partial charge is 0.196 e. The molecule has 106 valence electrons. The lowest BCUT2D eigenvalue weighted by atomic mass is 9.95. The van der Waals surface area contributed by atoms with Crippen molar-refractivity contribution < 1.29 is 9.15 Å². The fourth-order valence-electron chi connectivity index (χ4n) is 3.59. The van der Waals surface area contributed by atoms with Crippen LogP contribution in [-0.2, 0) is 4.74 Å². The van der Waals surface area contributed by atoms with Gasteiger partial charge in [-0.3, -0.25) is 0 Å². The van der Waals surface area contributed by atoms with Gasteiger partial charge < -0.3 is 14.5 Å². The molecule has 2 saturated heterocycles. The minimum Gasteiger partial charge on any atom is -0.450 e. The summed E-state index contributed by atoms with van der Waals surface area (Å²) in [7, 11) is 0. The topological polar surface area (TPSA) is 60.2 Å². The largest absolute Gasteiger partial charge is 0.450 e. The van der Waals surface area contributed by atoms with Crippen LogP contribution in [0, 0.1) is 0 Å². The lowest BCUT2D eigenvalue weighted by molar-refractivity contribution is 0.102. The number of hydrogen-bond donors (Lipinski definition) is 1. The number of nitrogens with zero attached hydrogens (tertiary/aromatic N) is 2. The van der Waals surface area contributed by atoms with E-state index in [-0.39, 0.29) is 0 Å². The molecule has 3 atom stereocenters. The van der Waals surface area contributed by atoms with Crippen molar-refractivity contribution in [3.8, 4) is 0 Å². The fraction of sp³-hybridized carbons (Fsp3) is 0.375. The molecule has 5 nitrogen and oxygen atoms in total. The summed E-state index contributed by atoms with van der Waals surface area (Å²) in [5, 5.41) is 4.54. The van der Waals surface area contributed by atoms with E-state index >= 15 is 0 Å². The maximum Gasteiger partial charge on any atom is 0.196 e. The number of rotatable bonds is 2. The van der Waals surface area contributed by atoms with Crippen molar-refractivity contribution in [3.05, 3.63) is 30.6 Å². The molecule has 2 aliphatic rings. The quantitative estimate of drug-likeness (QED) is 0.782. The van der Waals surface area contributed by atoms with Gasteiger partial charge in [0.15, 0.2) is 11.4 Å². The second-order valence-electron chi connectivity index (χ2n) is 5.86. The highest BCUT2D eigenvalue weighted by Gasteiger charge is 2.41. The predicted molar refractivity (Wildman–Crippen MR) is 79.2 cm³/mol. The monoisotopic (exact) mass is 281 g/mol. The first-order valence-electron chi connectivity index (χ1n) is 7.43. The summed E-state index contributed by atoms with van der Waals surface area (Å²) >= 11 is 0. The van der Waals surface area contributed by atoms with E-state index in [0.29, 0.717) is 18.2 Å². The summed E-state index contributed by atoms with van der Waals surface area (Å²) in [4.78, 5) is 8.75. The minimum atomic E-state index is 0.310. The van der Waals surface area contributed by atoms with Crippen molar-refractivity contribution in [1.82, 2.24) is 9.97 Å². The summed E-state index contributed by atoms with van der Waals surface area (Å²) in [6.45, 7) is 0. The molecule has 5 heteroatoms. The SMILES string of the molecule is c1ccc2c(c1)oc1c(N[C@@H]3C[C@H]4CC[C@H]3O4)ncnc12. The zero-order valence-corrected chi connectivity index (χ0v) is 11.5. The van der Waals surface area contributed by atoms with Crippen LogP contribution in [0.3, 0.4) is 0 Å². The van der Waals surface area contributed by atoms with Gasteiger partial charge in [0.25, 0.3) is 0 Å². The number of benzene rings is 1. The second kappa shape index (κ2) is 4.18. The molecule has 0 aliphatic carbocycles. The first-order chi connectivity index (χ1) is 10.4. The molecule has 0 spiro atoms. The van der Waals surface area contributed by atoms with Crippen LogP contribution in [0.15, 0.2) is 35.0 Å². The van der Waals surface area contributed by atoms with Crippen molar-refractivity contribution in [2.75, 3.05) is 5.32 Å². The lowest BCUT2D eigenvalue weighted by Crippen LogP contribution is -2.30. The Balaban J connectivity index is 1.60. The third-order valence-electron chi connectivity index (χ3n) is 4.59. The van der Waals surface area contributed by atoms with E-state index in [2.05, 4.69) is 15.3 Å². The Bertz CT molecular complexity index is 829. The second-order valence-corrected chi connectivity index (χ2v) is 5.86. The van der Waals surface area contributed by atoms with Gasteiger partial charge in [0, 0.05) is 5.39 Å². The molecular weight excluding hydrogens is 266 g/mol. The van der Waals surface area contributed by atoms with Crippen molar-refractivity contribution in [2.24, 2.45) is 0 Å². The van der Waals surface area contributed by atoms with E-state index in [9.17, 15) is 0 Å². The Kier molecular flexibility index (Phi) is 2.29. The molecule has 1 aromatic carbocycles. The van der Waals surface area contributed by atoms with Crippen LogP contribution in [-0.4, -0.2) is 28.2 Å². The normalized spacial score (nSPS) is 27.7. The highest BCUT2D eigenvalue weighted by Crippen LogP contribution is 2.37. The number of hydrogen-bond acceptors (Lipinski definition) is 5. The van der Waals surface area contributed by atoms with Crippen LogP contribution in [0.25, 0.3) is 22.1 Å². The van der Waals surface area contributed by atoms with Gasteiger partial charge in [0.2, 0.25) is 0 Å². The van der Waals surface area contributed by atoms with Crippen LogP contribution in [0.5, 0.6) is 0 Å². The molecule has 5 rings (SSSR count). The highest BCUT2D eigenvalue weighted by molar-refractivity contribution is 6.05. The number of fused-ring (bicyclic) bond motifs is 5. The molecule has 0 radical (unpaired) electrons. The van der Waals surface area contributed by atoms with Gasteiger partial charge in [-0.15, -0.1) is 0 Å².